The maximum atomic E-state index is 12.9. The quantitative estimate of drug-likeness (QED) is 0.800. The number of hydrogen-bond acceptors (Lipinski definition) is 3. The van der Waals surface area contributed by atoms with Gasteiger partial charge in [0.25, 0.3) is 5.91 Å². The van der Waals surface area contributed by atoms with Crippen LogP contribution in [0.25, 0.3) is 0 Å². The van der Waals surface area contributed by atoms with Gasteiger partial charge >= 0.3 is 5.97 Å². The zero-order chi connectivity index (χ0) is 18.3. The Labute approximate surface area is 155 Å². The molecule has 1 amide bonds. The van der Waals surface area contributed by atoms with Crippen LogP contribution in [-0.4, -0.2) is 18.0 Å². The molecule has 4 saturated carbocycles. The molecule has 4 aliphatic carbocycles. The standard InChI is InChI=1S/C22H29NO3/c1-3-15-4-6-19(7-5-15)23-20(24)14(2)26-21(25)22-11-16-8-17(12-22)10-18(9-16)13-22/h4-7,14,16-18H,3,8-13H2,1-2H3,(H,23,24)/t14-,16?,17?,18?,22?/m0/s1. The molecule has 4 heteroatoms. The highest BCUT2D eigenvalue weighted by Gasteiger charge is 2.55. The molecule has 0 heterocycles. The van der Waals surface area contributed by atoms with E-state index in [1.807, 2.05) is 24.3 Å². The molecule has 0 radical (unpaired) electrons. The van der Waals surface area contributed by atoms with Crippen LogP contribution in [0.2, 0.25) is 0 Å². The van der Waals surface area contributed by atoms with Gasteiger partial charge in [0.2, 0.25) is 0 Å². The van der Waals surface area contributed by atoms with Crippen molar-refractivity contribution in [2.75, 3.05) is 5.32 Å². The Balaban J connectivity index is 1.37. The minimum atomic E-state index is -0.763. The van der Waals surface area contributed by atoms with E-state index in [0.29, 0.717) is 17.8 Å². The number of anilines is 1. The molecule has 5 rings (SSSR count). The van der Waals surface area contributed by atoms with E-state index in [-0.39, 0.29) is 17.3 Å². The third-order valence-corrected chi connectivity index (χ3v) is 6.75. The molecule has 1 aromatic rings. The molecule has 1 atom stereocenters. The van der Waals surface area contributed by atoms with Crippen molar-refractivity contribution in [1.82, 2.24) is 0 Å². The summed E-state index contributed by atoms with van der Waals surface area (Å²) in [5, 5.41) is 2.86. The molecule has 0 aliphatic heterocycles. The monoisotopic (exact) mass is 355 g/mol. The molecule has 0 unspecified atom stereocenters. The van der Waals surface area contributed by atoms with Gasteiger partial charge in [0.05, 0.1) is 5.41 Å². The minimum Gasteiger partial charge on any atom is -0.452 e. The van der Waals surface area contributed by atoms with E-state index >= 15 is 0 Å². The van der Waals surface area contributed by atoms with Crippen LogP contribution in [0, 0.1) is 23.2 Å². The number of amides is 1. The van der Waals surface area contributed by atoms with Crippen molar-refractivity contribution >= 4 is 17.6 Å². The Morgan fingerprint density at radius 3 is 2.12 bits per heavy atom. The average Bonchev–Trinajstić information content (AvgIpc) is 2.61. The Bertz CT molecular complexity index is 659. The van der Waals surface area contributed by atoms with Gasteiger partial charge in [-0.1, -0.05) is 19.1 Å². The van der Waals surface area contributed by atoms with Crippen molar-refractivity contribution in [2.45, 2.75) is 64.9 Å². The Kier molecular flexibility index (Phi) is 4.54. The Morgan fingerprint density at radius 2 is 1.62 bits per heavy atom. The molecule has 0 saturated heterocycles. The van der Waals surface area contributed by atoms with Crippen LogP contribution >= 0.6 is 0 Å². The summed E-state index contributed by atoms with van der Waals surface area (Å²) in [5.74, 6) is 1.67. The van der Waals surface area contributed by atoms with Gasteiger partial charge in [-0.05, 0) is 87.3 Å². The number of carbonyl (C=O) groups excluding carboxylic acids is 2. The molecule has 26 heavy (non-hydrogen) atoms. The molecular formula is C22H29NO3. The second kappa shape index (κ2) is 6.71. The van der Waals surface area contributed by atoms with Gasteiger partial charge in [-0.25, -0.2) is 0 Å². The number of carbonyl (C=O) groups is 2. The predicted molar refractivity (Wildman–Crippen MR) is 101 cm³/mol. The number of ether oxygens (including phenoxy) is 1. The van der Waals surface area contributed by atoms with E-state index in [9.17, 15) is 9.59 Å². The van der Waals surface area contributed by atoms with Crippen LogP contribution in [0.5, 0.6) is 0 Å². The number of hydrogen-bond donors (Lipinski definition) is 1. The van der Waals surface area contributed by atoms with Crippen molar-refractivity contribution in [3.63, 3.8) is 0 Å². The maximum absolute atomic E-state index is 12.9. The summed E-state index contributed by atoms with van der Waals surface area (Å²) >= 11 is 0. The largest absolute Gasteiger partial charge is 0.452 e. The molecule has 140 valence electrons. The normalized spacial score (nSPS) is 32.9. The molecule has 1 N–H and O–H groups in total. The SMILES string of the molecule is CCc1ccc(NC(=O)[C@H](C)OC(=O)C23CC4CC(CC(C4)C2)C3)cc1. The van der Waals surface area contributed by atoms with Gasteiger partial charge in [0.15, 0.2) is 6.10 Å². The van der Waals surface area contributed by atoms with E-state index in [4.69, 9.17) is 4.74 Å². The summed E-state index contributed by atoms with van der Waals surface area (Å²) in [6, 6.07) is 7.79. The van der Waals surface area contributed by atoms with Gasteiger partial charge in [0, 0.05) is 5.69 Å². The number of benzene rings is 1. The van der Waals surface area contributed by atoms with Gasteiger partial charge < -0.3 is 10.1 Å². The summed E-state index contributed by atoms with van der Waals surface area (Å²) in [6.45, 7) is 3.77. The third-order valence-electron chi connectivity index (χ3n) is 6.75. The smallest absolute Gasteiger partial charge is 0.312 e. The molecular weight excluding hydrogens is 326 g/mol. The summed E-state index contributed by atoms with van der Waals surface area (Å²) in [7, 11) is 0. The highest BCUT2D eigenvalue weighted by Crippen LogP contribution is 2.60. The minimum absolute atomic E-state index is 0.138. The third kappa shape index (κ3) is 3.26. The van der Waals surface area contributed by atoms with E-state index in [2.05, 4.69) is 12.2 Å². The first-order valence-electron chi connectivity index (χ1n) is 10.1. The highest BCUT2D eigenvalue weighted by atomic mass is 16.5. The summed E-state index contributed by atoms with van der Waals surface area (Å²) < 4.78 is 5.66. The zero-order valence-electron chi connectivity index (χ0n) is 15.8. The number of esters is 1. The summed E-state index contributed by atoms with van der Waals surface area (Å²) in [6.07, 6.45) is 6.96. The summed E-state index contributed by atoms with van der Waals surface area (Å²) in [5.41, 5.74) is 1.65. The van der Waals surface area contributed by atoms with Crippen molar-refractivity contribution in [1.29, 1.82) is 0 Å². The fourth-order valence-corrected chi connectivity index (χ4v) is 5.77. The Hall–Kier alpha value is -1.84. The van der Waals surface area contributed by atoms with E-state index in [0.717, 1.165) is 31.4 Å². The molecule has 0 spiro atoms. The topological polar surface area (TPSA) is 55.4 Å². The lowest BCUT2D eigenvalue weighted by Gasteiger charge is -2.55. The van der Waals surface area contributed by atoms with Crippen LogP contribution in [0.1, 0.15) is 57.9 Å². The van der Waals surface area contributed by atoms with Gasteiger partial charge in [-0.2, -0.15) is 0 Å². The first-order chi connectivity index (χ1) is 12.5. The van der Waals surface area contributed by atoms with Crippen LogP contribution < -0.4 is 5.32 Å². The fraction of sp³-hybridized carbons (Fsp3) is 0.636. The first kappa shape index (κ1) is 17.6. The number of aryl methyl sites for hydroxylation is 1. The summed E-state index contributed by atoms with van der Waals surface area (Å²) in [4.78, 5) is 25.4. The molecule has 0 aromatic heterocycles. The van der Waals surface area contributed by atoms with Crippen LogP contribution in [0.3, 0.4) is 0 Å². The van der Waals surface area contributed by atoms with E-state index in [1.54, 1.807) is 6.92 Å². The van der Waals surface area contributed by atoms with Crippen molar-refractivity contribution < 1.29 is 14.3 Å². The van der Waals surface area contributed by atoms with Gasteiger partial charge in [0.1, 0.15) is 0 Å². The number of nitrogens with one attached hydrogen (secondary N) is 1. The van der Waals surface area contributed by atoms with Crippen LogP contribution in [0.15, 0.2) is 24.3 Å². The second-order valence-electron chi connectivity index (χ2n) is 8.79. The lowest BCUT2D eigenvalue weighted by Crippen LogP contribution is -2.51. The molecule has 4 bridgehead atoms. The maximum Gasteiger partial charge on any atom is 0.312 e. The van der Waals surface area contributed by atoms with Crippen LogP contribution in [-0.2, 0) is 20.7 Å². The second-order valence-corrected chi connectivity index (χ2v) is 8.79. The zero-order valence-corrected chi connectivity index (χ0v) is 15.8. The van der Waals surface area contributed by atoms with Crippen molar-refractivity contribution in [2.24, 2.45) is 23.2 Å². The van der Waals surface area contributed by atoms with Crippen molar-refractivity contribution in [3.8, 4) is 0 Å². The molecule has 4 fully saturated rings. The van der Waals surface area contributed by atoms with Crippen LogP contribution in [0.4, 0.5) is 5.69 Å². The average molecular weight is 355 g/mol. The van der Waals surface area contributed by atoms with Gasteiger partial charge in [-0.15, -0.1) is 0 Å². The lowest BCUT2D eigenvalue weighted by molar-refractivity contribution is -0.177. The fourth-order valence-electron chi connectivity index (χ4n) is 5.77. The molecule has 1 aromatic carbocycles. The first-order valence-corrected chi connectivity index (χ1v) is 10.1. The number of rotatable bonds is 5. The highest BCUT2D eigenvalue weighted by molar-refractivity contribution is 5.95. The Morgan fingerprint density at radius 1 is 1.08 bits per heavy atom. The lowest BCUT2D eigenvalue weighted by atomic mass is 9.49. The van der Waals surface area contributed by atoms with E-state index in [1.165, 1.54) is 24.8 Å². The van der Waals surface area contributed by atoms with Gasteiger partial charge in [-0.3, -0.25) is 9.59 Å². The molecule has 4 aliphatic rings. The van der Waals surface area contributed by atoms with E-state index < -0.39 is 6.10 Å². The molecule has 4 nitrogen and oxygen atoms in total. The van der Waals surface area contributed by atoms with Crippen molar-refractivity contribution in [3.05, 3.63) is 29.8 Å². The predicted octanol–water partition coefficient (Wildman–Crippen LogP) is 4.34.